The molecule has 0 bridgehead atoms. The molecule has 0 radical (unpaired) electrons. The third-order valence-electron chi connectivity index (χ3n) is 3.85. The Morgan fingerprint density at radius 1 is 1.18 bits per heavy atom. The minimum atomic E-state index is -1.68. The number of carbonyl (C=O) groups excluding carboxylic acids is 1. The van der Waals surface area contributed by atoms with Gasteiger partial charge in [-0.15, -0.1) is 0 Å². The lowest BCUT2D eigenvalue weighted by Gasteiger charge is -2.35. The number of benzene rings is 1. The van der Waals surface area contributed by atoms with Crippen LogP contribution in [0.4, 0.5) is 13.2 Å². The Hall–Kier alpha value is -2.05. The minimum absolute atomic E-state index is 0.102. The standard InChI is InChI=1S/C15H16F3NO3/c16-11-6-5-10(13(17)14(11)18)15(22)19-8-2-1-3-9(19)4-7-12(20)21/h5-6,9H,1-4,7-8H2,(H,20,21). The zero-order valence-electron chi connectivity index (χ0n) is 11.8. The van der Waals surface area contributed by atoms with E-state index in [2.05, 4.69) is 0 Å². The summed E-state index contributed by atoms with van der Waals surface area (Å²) in [6.07, 6.45) is 2.32. The van der Waals surface area contributed by atoms with Crippen LogP contribution < -0.4 is 0 Å². The molecular weight excluding hydrogens is 299 g/mol. The van der Waals surface area contributed by atoms with Crippen molar-refractivity contribution in [3.63, 3.8) is 0 Å². The molecule has 1 unspecified atom stereocenters. The van der Waals surface area contributed by atoms with E-state index < -0.39 is 34.9 Å². The molecule has 1 saturated heterocycles. The van der Waals surface area contributed by atoms with Crippen LogP contribution in [-0.4, -0.2) is 34.5 Å². The average molecular weight is 315 g/mol. The van der Waals surface area contributed by atoms with Gasteiger partial charge >= 0.3 is 5.97 Å². The third-order valence-corrected chi connectivity index (χ3v) is 3.85. The maximum atomic E-state index is 13.8. The van der Waals surface area contributed by atoms with Gasteiger partial charge in [-0.25, -0.2) is 13.2 Å². The van der Waals surface area contributed by atoms with Crippen LogP contribution >= 0.6 is 0 Å². The molecule has 4 nitrogen and oxygen atoms in total. The van der Waals surface area contributed by atoms with E-state index in [1.54, 1.807) is 0 Å². The van der Waals surface area contributed by atoms with Gasteiger partial charge in [0.25, 0.3) is 5.91 Å². The number of rotatable bonds is 4. The molecule has 1 atom stereocenters. The van der Waals surface area contributed by atoms with Crippen molar-refractivity contribution in [1.29, 1.82) is 0 Å². The fourth-order valence-corrected chi connectivity index (χ4v) is 2.70. The zero-order chi connectivity index (χ0) is 16.3. The summed E-state index contributed by atoms with van der Waals surface area (Å²) < 4.78 is 40.0. The molecular formula is C15H16F3NO3. The number of piperidine rings is 1. The third kappa shape index (κ3) is 3.40. The molecule has 7 heteroatoms. The Bertz CT molecular complexity index is 592. The van der Waals surface area contributed by atoms with Crippen molar-refractivity contribution in [2.24, 2.45) is 0 Å². The normalized spacial score (nSPS) is 18.3. The molecule has 2 rings (SSSR count). The highest BCUT2D eigenvalue weighted by molar-refractivity contribution is 5.94. The number of hydrogen-bond acceptors (Lipinski definition) is 2. The van der Waals surface area contributed by atoms with Gasteiger partial charge in [-0.2, -0.15) is 0 Å². The maximum Gasteiger partial charge on any atom is 0.303 e. The maximum absolute atomic E-state index is 13.8. The van der Waals surface area contributed by atoms with Gasteiger partial charge in [0.05, 0.1) is 5.56 Å². The van der Waals surface area contributed by atoms with Crippen LogP contribution in [0.1, 0.15) is 42.5 Å². The van der Waals surface area contributed by atoms with Gasteiger partial charge in [0.1, 0.15) is 0 Å². The Balaban J connectivity index is 2.22. The highest BCUT2D eigenvalue weighted by atomic mass is 19.2. The highest BCUT2D eigenvalue weighted by Crippen LogP contribution is 2.25. The monoisotopic (exact) mass is 315 g/mol. The van der Waals surface area contributed by atoms with Gasteiger partial charge in [-0.05, 0) is 37.8 Å². The number of likely N-dealkylation sites (tertiary alicyclic amines) is 1. The van der Waals surface area contributed by atoms with Gasteiger partial charge in [0, 0.05) is 19.0 Å². The van der Waals surface area contributed by atoms with E-state index in [9.17, 15) is 22.8 Å². The van der Waals surface area contributed by atoms with Crippen LogP contribution in [0.15, 0.2) is 12.1 Å². The van der Waals surface area contributed by atoms with Crippen molar-refractivity contribution in [2.75, 3.05) is 6.54 Å². The van der Waals surface area contributed by atoms with Gasteiger partial charge in [0.15, 0.2) is 17.5 Å². The first-order valence-corrected chi connectivity index (χ1v) is 7.08. The molecule has 1 aliphatic rings. The van der Waals surface area contributed by atoms with E-state index in [-0.39, 0.29) is 18.9 Å². The van der Waals surface area contributed by atoms with Gasteiger partial charge in [-0.1, -0.05) is 0 Å². The molecule has 1 amide bonds. The first kappa shape index (κ1) is 16.3. The predicted molar refractivity (Wildman–Crippen MR) is 71.9 cm³/mol. The molecule has 0 spiro atoms. The summed E-state index contributed by atoms with van der Waals surface area (Å²) in [5.74, 6) is -6.24. The van der Waals surface area contributed by atoms with Crippen LogP contribution in [0.2, 0.25) is 0 Å². The summed E-state index contributed by atoms with van der Waals surface area (Å²) in [6, 6.07) is 1.30. The van der Waals surface area contributed by atoms with Gasteiger partial charge in [0.2, 0.25) is 0 Å². The first-order valence-electron chi connectivity index (χ1n) is 7.08. The second-order valence-electron chi connectivity index (χ2n) is 5.30. The van der Waals surface area contributed by atoms with E-state index in [0.29, 0.717) is 25.5 Å². The summed E-state index contributed by atoms with van der Waals surface area (Å²) in [5.41, 5.74) is -0.527. The fraction of sp³-hybridized carbons (Fsp3) is 0.467. The average Bonchev–Trinajstić information content (AvgIpc) is 2.50. The largest absolute Gasteiger partial charge is 0.481 e. The number of carbonyl (C=O) groups is 2. The van der Waals surface area contributed by atoms with Crippen LogP contribution in [-0.2, 0) is 4.79 Å². The molecule has 1 aromatic rings. The van der Waals surface area contributed by atoms with Crippen molar-refractivity contribution in [2.45, 2.75) is 38.1 Å². The van der Waals surface area contributed by atoms with Crippen LogP contribution in [0.3, 0.4) is 0 Å². The molecule has 0 aliphatic carbocycles. The van der Waals surface area contributed by atoms with E-state index in [1.165, 1.54) is 4.90 Å². The molecule has 22 heavy (non-hydrogen) atoms. The lowest BCUT2D eigenvalue weighted by Crippen LogP contribution is -2.44. The summed E-state index contributed by atoms with van der Waals surface area (Å²) >= 11 is 0. The zero-order valence-corrected chi connectivity index (χ0v) is 11.8. The molecule has 1 N–H and O–H groups in total. The Labute approximate surface area is 125 Å². The van der Waals surface area contributed by atoms with E-state index in [1.807, 2.05) is 0 Å². The van der Waals surface area contributed by atoms with Crippen LogP contribution in [0.25, 0.3) is 0 Å². The summed E-state index contributed by atoms with van der Waals surface area (Å²) in [7, 11) is 0. The van der Waals surface area contributed by atoms with Crippen molar-refractivity contribution in [3.05, 3.63) is 35.1 Å². The van der Waals surface area contributed by atoms with E-state index in [0.717, 1.165) is 12.5 Å². The second-order valence-corrected chi connectivity index (χ2v) is 5.30. The van der Waals surface area contributed by atoms with Crippen molar-refractivity contribution in [3.8, 4) is 0 Å². The highest BCUT2D eigenvalue weighted by Gasteiger charge is 2.30. The number of halogens is 3. The summed E-state index contributed by atoms with van der Waals surface area (Å²) in [5, 5.41) is 8.74. The van der Waals surface area contributed by atoms with Crippen molar-refractivity contribution < 1.29 is 27.9 Å². The number of aliphatic carboxylic acids is 1. The van der Waals surface area contributed by atoms with Gasteiger partial charge in [-0.3, -0.25) is 9.59 Å². The summed E-state index contributed by atoms with van der Waals surface area (Å²) in [6.45, 7) is 0.349. The Morgan fingerprint density at radius 2 is 1.91 bits per heavy atom. The first-order chi connectivity index (χ1) is 10.4. The minimum Gasteiger partial charge on any atom is -0.481 e. The SMILES string of the molecule is O=C(O)CCC1CCCCN1C(=O)c1ccc(F)c(F)c1F. The number of carboxylic acids is 1. The topological polar surface area (TPSA) is 57.6 Å². The molecule has 1 heterocycles. The van der Waals surface area contributed by atoms with Gasteiger partial charge < -0.3 is 10.0 Å². The summed E-state index contributed by atoms with van der Waals surface area (Å²) in [4.78, 5) is 24.4. The number of carboxylic acid groups (broad SMARTS) is 1. The Morgan fingerprint density at radius 3 is 2.59 bits per heavy atom. The van der Waals surface area contributed by atoms with E-state index in [4.69, 9.17) is 5.11 Å². The van der Waals surface area contributed by atoms with E-state index >= 15 is 0 Å². The molecule has 0 aromatic heterocycles. The molecule has 120 valence electrons. The predicted octanol–water partition coefficient (Wildman–Crippen LogP) is 2.96. The van der Waals surface area contributed by atoms with Crippen LogP contribution in [0.5, 0.6) is 0 Å². The fourth-order valence-electron chi connectivity index (χ4n) is 2.70. The molecule has 0 saturated carbocycles. The van der Waals surface area contributed by atoms with Crippen molar-refractivity contribution in [1.82, 2.24) is 4.90 Å². The molecule has 1 fully saturated rings. The second kappa shape index (κ2) is 6.81. The van der Waals surface area contributed by atoms with Crippen LogP contribution in [0, 0.1) is 17.5 Å². The quantitative estimate of drug-likeness (QED) is 0.869. The number of amides is 1. The lowest BCUT2D eigenvalue weighted by molar-refractivity contribution is -0.137. The van der Waals surface area contributed by atoms with Crippen molar-refractivity contribution >= 4 is 11.9 Å². The smallest absolute Gasteiger partial charge is 0.303 e. The lowest BCUT2D eigenvalue weighted by atomic mass is 9.96. The Kier molecular flexibility index (Phi) is 5.05. The number of nitrogens with zero attached hydrogens (tertiary/aromatic N) is 1. The molecule has 1 aromatic carbocycles. The number of hydrogen-bond donors (Lipinski definition) is 1. The molecule has 1 aliphatic heterocycles.